The van der Waals surface area contributed by atoms with Gasteiger partial charge >= 0.3 is 6.30 Å². The van der Waals surface area contributed by atoms with Crippen LogP contribution in [0.4, 0.5) is 13.2 Å². The minimum atomic E-state index is -4.47. The molecule has 0 aromatic heterocycles. The minimum Gasteiger partial charge on any atom is -0.286 e. The van der Waals surface area contributed by atoms with Crippen LogP contribution in [-0.4, -0.2) is 23.0 Å². The van der Waals surface area contributed by atoms with Crippen LogP contribution < -0.4 is 0 Å². The van der Waals surface area contributed by atoms with Crippen molar-refractivity contribution in [1.82, 2.24) is 4.90 Å². The van der Waals surface area contributed by atoms with Crippen LogP contribution in [0.3, 0.4) is 0 Å². The number of hydrogen-bond donors (Lipinski definition) is 0. The highest BCUT2D eigenvalue weighted by Gasteiger charge is 2.35. The molecule has 0 saturated carbocycles. The lowest BCUT2D eigenvalue weighted by Gasteiger charge is -2.24. The van der Waals surface area contributed by atoms with Crippen molar-refractivity contribution >= 4 is 16.8 Å². The Morgan fingerprint density at radius 2 is 2.15 bits per heavy atom. The summed E-state index contributed by atoms with van der Waals surface area (Å²) in [5.41, 5.74) is -0.162. The van der Waals surface area contributed by atoms with Gasteiger partial charge in [-0.1, -0.05) is 12.2 Å². The molecule has 1 heterocycles. The van der Waals surface area contributed by atoms with Gasteiger partial charge in [-0.05, 0) is 11.6 Å². The van der Waals surface area contributed by atoms with E-state index >= 15 is 0 Å². The van der Waals surface area contributed by atoms with Crippen molar-refractivity contribution in [2.75, 3.05) is 6.54 Å². The Morgan fingerprint density at radius 1 is 1.54 bits per heavy atom. The maximum atomic E-state index is 12.1. The second-order valence-electron chi connectivity index (χ2n) is 2.38. The van der Waals surface area contributed by atoms with Crippen molar-refractivity contribution in [2.24, 2.45) is 0 Å². The maximum Gasteiger partial charge on any atom is 0.484 e. The lowest BCUT2D eigenvalue weighted by Crippen LogP contribution is -2.35. The van der Waals surface area contributed by atoms with E-state index in [1.807, 2.05) is 0 Å². The second-order valence-corrected chi connectivity index (χ2v) is 2.72. The molecular formula is C7H5ClF3NO. The SMILES string of the molecule is O=C(Cl)C1=CN(C(F)(F)F)CC=C1. The Hall–Kier alpha value is -0.970. The van der Waals surface area contributed by atoms with Gasteiger partial charge in [0, 0.05) is 18.3 Å². The average molecular weight is 212 g/mol. The number of nitrogens with zero attached hydrogens (tertiary/aromatic N) is 1. The molecule has 0 aliphatic carbocycles. The maximum absolute atomic E-state index is 12.1. The number of carbonyl (C=O) groups excluding carboxylic acids is 1. The number of halogens is 4. The zero-order chi connectivity index (χ0) is 10.1. The Morgan fingerprint density at radius 3 is 2.62 bits per heavy atom. The van der Waals surface area contributed by atoms with E-state index in [0.717, 1.165) is 0 Å². The van der Waals surface area contributed by atoms with Crippen LogP contribution in [0.5, 0.6) is 0 Å². The normalized spacial score (nSPS) is 17.2. The molecule has 0 spiro atoms. The second kappa shape index (κ2) is 3.41. The van der Waals surface area contributed by atoms with Crippen LogP contribution in [0.25, 0.3) is 0 Å². The molecule has 1 rings (SSSR count). The summed E-state index contributed by atoms with van der Waals surface area (Å²) in [6, 6.07) is 0. The molecule has 2 nitrogen and oxygen atoms in total. The fourth-order valence-corrected chi connectivity index (χ4v) is 0.962. The molecule has 0 amide bonds. The van der Waals surface area contributed by atoms with Gasteiger partial charge in [-0.3, -0.25) is 9.69 Å². The third-order valence-electron chi connectivity index (χ3n) is 1.45. The zero-order valence-electron chi connectivity index (χ0n) is 6.31. The van der Waals surface area contributed by atoms with E-state index in [1.165, 1.54) is 12.2 Å². The molecule has 6 heteroatoms. The molecule has 1 aliphatic heterocycles. The first-order valence-corrected chi connectivity index (χ1v) is 3.70. The first-order valence-electron chi connectivity index (χ1n) is 3.33. The Balaban J connectivity index is 2.85. The predicted molar refractivity (Wildman–Crippen MR) is 40.8 cm³/mol. The van der Waals surface area contributed by atoms with Gasteiger partial charge in [-0.2, -0.15) is 13.2 Å². The average Bonchev–Trinajstić information content (AvgIpc) is 2.03. The van der Waals surface area contributed by atoms with E-state index in [-0.39, 0.29) is 17.0 Å². The Kier molecular flexibility index (Phi) is 2.66. The van der Waals surface area contributed by atoms with Crippen molar-refractivity contribution in [3.05, 3.63) is 23.9 Å². The largest absolute Gasteiger partial charge is 0.484 e. The van der Waals surface area contributed by atoms with Crippen LogP contribution >= 0.6 is 11.6 Å². The highest BCUT2D eigenvalue weighted by Crippen LogP contribution is 2.24. The van der Waals surface area contributed by atoms with Crippen LogP contribution in [0, 0.1) is 0 Å². The molecule has 0 atom stereocenters. The fourth-order valence-electron chi connectivity index (χ4n) is 0.850. The van der Waals surface area contributed by atoms with Crippen LogP contribution in [0.2, 0.25) is 0 Å². The monoisotopic (exact) mass is 211 g/mol. The molecule has 0 saturated heterocycles. The van der Waals surface area contributed by atoms with E-state index in [0.29, 0.717) is 6.20 Å². The van der Waals surface area contributed by atoms with Crippen LogP contribution in [0.1, 0.15) is 0 Å². The van der Waals surface area contributed by atoms with Gasteiger partial charge in [0.2, 0.25) is 0 Å². The first-order chi connectivity index (χ1) is 5.91. The van der Waals surface area contributed by atoms with Gasteiger partial charge in [0.15, 0.2) is 0 Å². The van der Waals surface area contributed by atoms with E-state index in [1.54, 1.807) is 0 Å². The summed E-state index contributed by atoms with van der Waals surface area (Å²) in [6.07, 6.45) is -1.29. The summed E-state index contributed by atoms with van der Waals surface area (Å²) in [7, 11) is 0. The van der Waals surface area contributed by atoms with E-state index in [4.69, 9.17) is 11.6 Å². The molecule has 0 aromatic rings. The summed E-state index contributed by atoms with van der Waals surface area (Å²) in [5.74, 6) is 0. The fraction of sp³-hybridized carbons (Fsp3) is 0.286. The smallest absolute Gasteiger partial charge is 0.286 e. The molecule has 0 fully saturated rings. The summed E-state index contributed by atoms with van der Waals surface area (Å²) < 4.78 is 36.2. The van der Waals surface area contributed by atoms with Crippen LogP contribution in [0.15, 0.2) is 23.9 Å². The van der Waals surface area contributed by atoms with Gasteiger partial charge in [0.05, 0.1) is 0 Å². The van der Waals surface area contributed by atoms with Gasteiger partial charge in [-0.25, -0.2) is 0 Å². The number of allylic oxidation sites excluding steroid dienone is 2. The molecule has 0 aromatic carbocycles. The van der Waals surface area contributed by atoms with E-state index < -0.39 is 11.5 Å². The Bertz CT molecular complexity index is 282. The molecule has 0 bridgehead atoms. The summed E-state index contributed by atoms with van der Waals surface area (Å²) in [6.45, 7) is -0.294. The number of rotatable bonds is 1. The van der Waals surface area contributed by atoms with E-state index in [9.17, 15) is 18.0 Å². The first kappa shape index (κ1) is 10.1. The van der Waals surface area contributed by atoms with Gasteiger partial charge < -0.3 is 0 Å². The van der Waals surface area contributed by atoms with Crippen molar-refractivity contribution < 1.29 is 18.0 Å². The van der Waals surface area contributed by atoms with Crippen molar-refractivity contribution in [2.45, 2.75) is 6.30 Å². The number of alkyl halides is 3. The summed E-state index contributed by atoms with van der Waals surface area (Å²) >= 11 is 5.02. The van der Waals surface area contributed by atoms with Gasteiger partial charge in [0.25, 0.3) is 5.24 Å². The predicted octanol–water partition coefficient (Wildman–Crippen LogP) is 2.03. The van der Waals surface area contributed by atoms with E-state index in [2.05, 4.69) is 0 Å². The Labute approximate surface area is 77.3 Å². The van der Waals surface area contributed by atoms with Gasteiger partial charge in [-0.15, -0.1) is 0 Å². The topological polar surface area (TPSA) is 20.3 Å². The summed E-state index contributed by atoms with van der Waals surface area (Å²) in [5, 5.41) is -0.898. The quantitative estimate of drug-likeness (QED) is 0.489. The highest BCUT2D eigenvalue weighted by molar-refractivity contribution is 6.68. The van der Waals surface area contributed by atoms with Crippen molar-refractivity contribution in [3.8, 4) is 0 Å². The lowest BCUT2D eigenvalue weighted by molar-refractivity contribution is -0.224. The van der Waals surface area contributed by atoms with Crippen molar-refractivity contribution in [3.63, 3.8) is 0 Å². The standard InChI is InChI=1S/C7H5ClF3NO/c8-6(13)5-2-1-3-12(4-5)7(9,10)11/h1-2,4H,3H2. The highest BCUT2D eigenvalue weighted by atomic mass is 35.5. The molecule has 0 N–H and O–H groups in total. The molecule has 72 valence electrons. The zero-order valence-corrected chi connectivity index (χ0v) is 7.06. The molecule has 1 aliphatic rings. The molecular weight excluding hydrogens is 207 g/mol. The van der Waals surface area contributed by atoms with Gasteiger partial charge in [0.1, 0.15) is 0 Å². The third kappa shape index (κ3) is 2.48. The summed E-state index contributed by atoms with van der Waals surface area (Å²) in [4.78, 5) is 10.6. The van der Waals surface area contributed by atoms with Crippen molar-refractivity contribution in [1.29, 1.82) is 0 Å². The third-order valence-corrected chi connectivity index (χ3v) is 1.67. The molecule has 0 radical (unpaired) electrons. The molecule has 0 unspecified atom stereocenters. The minimum absolute atomic E-state index is 0.0859. The van der Waals surface area contributed by atoms with Crippen LogP contribution in [-0.2, 0) is 4.79 Å². The molecule has 13 heavy (non-hydrogen) atoms. The number of carbonyl (C=O) groups is 1. The lowest BCUT2D eigenvalue weighted by atomic mass is 10.2. The number of hydrogen-bond acceptors (Lipinski definition) is 2.